The normalized spacial score (nSPS) is 24.0. The molecule has 22 heavy (non-hydrogen) atoms. The van der Waals surface area contributed by atoms with Gasteiger partial charge in [0.05, 0.1) is 5.92 Å². The SMILES string of the molecule is O=C(Cl)CC1C(=O)O[C@@H](c2ccccc2)[C@@H]1c1ccccc1. The van der Waals surface area contributed by atoms with Gasteiger partial charge >= 0.3 is 5.97 Å². The van der Waals surface area contributed by atoms with Crippen LogP contribution in [0.15, 0.2) is 60.7 Å². The molecule has 1 heterocycles. The van der Waals surface area contributed by atoms with Crippen LogP contribution in [0, 0.1) is 5.92 Å². The van der Waals surface area contributed by atoms with Gasteiger partial charge in [-0.2, -0.15) is 0 Å². The van der Waals surface area contributed by atoms with Gasteiger partial charge in [0, 0.05) is 12.3 Å². The van der Waals surface area contributed by atoms with Crippen molar-refractivity contribution in [2.45, 2.75) is 18.4 Å². The van der Waals surface area contributed by atoms with Crippen molar-refractivity contribution in [2.75, 3.05) is 0 Å². The van der Waals surface area contributed by atoms with Gasteiger partial charge in [0.2, 0.25) is 5.24 Å². The number of hydrogen-bond donors (Lipinski definition) is 0. The number of hydrogen-bond acceptors (Lipinski definition) is 3. The lowest BCUT2D eigenvalue weighted by Crippen LogP contribution is -2.17. The van der Waals surface area contributed by atoms with Crippen LogP contribution in [0.25, 0.3) is 0 Å². The molecule has 0 spiro atoms. The van der Waals surface area contributed by atoms with E-state index in [-0.39, 0.29) is 18.3 Å². The van der Waals surface area contributed by atoms with E-state index in [9.17, 15) is 9.59 Å². The minimum absolute atomic E-state index is 0.0106. The molecule has 1 aliphatic rings. The second kappa shape index (κ2) is 6.32. The second-order valence-corrected chi connectivity index (χ2v) is 5.79. The molecule has 3 nitrogen and oxygen atoms in total. The quantitative estimate of drug-likeness (QED) is 0.636. The molecule has 1 saturated heterocycles. The van der Waals surface area contributed by atoms with Gasteiger partial charge in [0.1, 0.15) is 6.10 Å². The zero-order valence-corrected chi connectivity index (χ0v) is 12.6. The second-order valence-electron chi connectivity index (χ2n) is 5.37. The van der Waals surface area contributed by atoms with Crippen LogP contribution in [-0.2, 0) is 14.3 Å². The highest BCUT2D eigenvalue weighted by molar-refractivity contribution is 6.63. The average molecular weight is 315 g/mol. The fourth-order valence-electron chi connectivity index (χ4n) is 3.03. The van der Waals surface area contributed by atoms with E-state index in [2.05, 4.69) is 0 Å². The largest absolute Gasteiger partial charge is 0.457 e. The van der Waals surface area contributed by atoms with Crippen LogP contribution in [0.5, 0.6) is 0 Å². The van der Waals surface area contributed by atoms with Crippen LogP contribution in [0.4, 0.5) is 0 Å². The summed E-state index contributed by atoms with van der Waals surface area (Å²) in [6.07, 6.45) is -0.402. The topological polar surface area (TPSA) is 43.4 Å². The van der Waals surface area contributed by atoms with E-state index < -0.39 is 17.3 Å². The highest BCUT2D eigenvalue weighted by atomic mass is 35.5. The number of carbonyl (C=O) groups excluding carboxylic acids is 2. The molecule has 2 aromatic rings. The van der Waals surface area contributed by atoms with E-state index in [1.165, 1.54) is 0 Å². The number of cyclic esters (lactones) is 1. The third-order valence-corrected chi connectivity index (χ3v) is 4.15. The summed E-state index contributed by atoms with van der Waals surface area (Å²) in [5.74, 6) is -1.12. The summed E-state index contributed by atoms with van der Waals surface area (Å²) in [5, 5.41) is -0.517. The first-order valence-corrected chi connectivity index (χ1v) is 7.53. The maximum atomic E-state index is 12.2. The van der Waals surface area contributed by atoms with E-state index >= 15 is 0 Å². The molecule has 0 bridgehead atoms. The number of rotatable bonds is 4. The van der Waals surface area contributed by atoms with Gasteiger partial charge in [-0.3, -0.25) is 9.59 Å². The Morgan fingerprint density at radius 2 is 1.50 bits per heavy atom. The van der Waals surface area contributed by atoms with Crippen molar-refractivity contribution in [3.63, 3.8) is 0 Å². The molecule has 1 fully saturated rings. The van der Waals surface area contributed by atoms with Gasteiger partial charge in [-0.25, -0.2) is 0 Å². The third kappa shape index (κ3) is 2.90. The fraction of sp³-hybridized carbons (Fsp3) is 0.222. The lowest BCUT2D eigenvalue weighted by molar-refractivity contribution is -0.145. The van der Waals surface area contributed by atoms with Crippen molar-refractivity contribution in [1.29, 1.82) is 0 Å². The first-order chi connectivity index (χ1) is 10.7. The van der Waals surface area contributed by atoms with E-state index in [0.29, 0.717) is 0 Å². The van der Waals surface area contributed by atoms with Gasteiger partial charge < -0.3 is 4.74 Å². The molecule has 0 N–H and O–H groups in total. The molecule has 0 aromatic heterocycles. The highest BCUT2D eigenvalue weighted by Gasteiger charge is 2.46. The summed E-state index contributed by atoms with van der Waals surface area (Å²) in [7, 11) is 0. The third-order valence-electron chi connectivity index (χ3n) is 4.00. The molecule has 1 aliphatic heterocycles. The Morgan fingerprint density at radius 3 is 2.05 bits per heavy atom. The predicted molar refractivity (Wildman–Crippen MR) is 83.4 cm³/mol. The van der Waals surface area contributed by atoms with Gasteiger partial charge in [0.25, 0.3) is 0 Å². The van der Waals surface area contributed by atoms with Gasteiger partial charge in [0.15, 0.2) is 0 Å². The standard InChI is InChI=1S/C18H15ClO3/c19-15(20)11-14-16(12-7-3-1-4-8-12)17(22-18(14)21)13-9-5-2-6-10-13/h1-10,14,16-17H,11H2/t14?,16-,17+/m1/s1. The number of esters is 1. The smallest absolute Gasteiger partial charge is 0.310 e. The molecular formula is C18H15ClO3. The van der Waals surface area contributed by atoms with Crippen molar-refractivity contribution in [3.05, 3.63) is 71.8 Å². The van der Waals surface area contributed by atoms with Crippen LogP contribution in [0.1, 0.15) is 29.6 Å². The summed E-state index contributed by atoms with van der Waals surface area (Å²) in [4.78, 5) is 23.6. The van der Waals surface area contributed by atoms with Crippen molar-refractivity contribution in [3.8, 4) is 0 Å². The minimum Gasteiger partial charge on any atom is -0.457 e. The molecule has 0 amide bonds. The molecule has 1 unspecified atom stereocenters. The number of ether oxygens (including phenoxy) is 1. The highest BCUT2D eigenvalue weighted by Crippen LogP contribution is 2.47. The Bertz CT molecular complexity index is 669. The lowest BCUT2D eigenvalue weighted by atomic mass is 9.80. The summed E-state index contributed by atoms with van der Waals surface area (Å²) in [6, 6.07) is 19.2. The minimum atomic E-state index is -0.544. The van der Waals surface area contributed by atoms with Crippen LogP contribution in [0.2, 0.25) is 0 Å². The Balaban J connectivity index is 2.02. The first kappa shape index (κ1) is 14.8. The van der Waals surface area contributed by atoms with Crippen LogP contribution >= 0.6 is 11.6 Å². The van der Waals surface area contributed by atoms with Gasteiger partial charge in [-0.05, 0) is 22.7 Å². The van der Waals surface area contributed by atoms with Crippen LogP contribution in [0.3, 0.4) is 0 Å². The van der Waals surface area contributed by atoms with Crippen molar-refractivity contribution in [1.82, 2.24) is 0 Å². The number of benzene rings is 2. The Kier molecular flexibility index (Phi) is 4.25. The van der Waals surface area contributed by atoms with Crippen LogP contribution in [-0.4, -0.2) is 11.2 Å². The molecule has 3 rings (SSSR count). The first-order valence-electron chi connectivity index (χ1n) is 7.15. The summed E-state index contributed by atoms with van der Waals surface area (Å²) >= 11 is 5.52. The molecule has 0 saturated carbocycles. The van der Waals surface area contributed by atoms with Gasteiger partial charge in [-0.15, -0.1) is 0 Å². The molecular weight excluding hydrogens is 300 g/mol. The summed E-state index contributed by atoms with van der Waals surface area (Å²) in [5.41, 5.74) is 1.90. The fourth-order valence-corrected chi connectivity index (χ4v) is 3.19. The molecule has 0 aliphatic carbocycles. The monoisotopic (exact) mass is 314 g/mol. The van der Waals surface area contributed by atoms with Crippen molar-refractivity contribution < 1.29 is 14.3 Å². The summed E-state index contributed by atoms with van der Waals surface area (Å²) in [6.45, 7) is 0. The Hall–Kier alpha value is -2.13. The molecule has 2 aromatic carbocycles. The maximum Gasteiger partial charge on any atom is 0.310 e. The molecule has 112 valence electrons. The average Bonchev–Trinajstić information content (AvgIpc) is 2.85. The van der Waals surface area contributed by atoms with E-state index in [0.717, 1.165) is 11.1 Å². The number of halogens is 1. The van der Waals surface area contributed by atoms with E-state index in [4.69, 9.17) is 16.3 Å². The van der Waals surface area contributed by atoms with Gasteiger partial charge in [-0.1, -0.05) is 60.7 Å². The lowest BCUT2D eigenvalue weighted by Gasteiger charge is -2.21. The maximum absolute atomic E-state index is 12.2. The summed E-state index contributed by atoms with van der Waals surface area (Å²) < 4.78 is 5.58. The molecule has 4 heteroatoms. The Labute approximate surface area is 133 Å². The molecule has 3 atom stereocenters. The zero-order chi connectivity index (χ0) is 15.5. The van der Waals surface area contributed by atoms with Crippen molar-refractivity contribution in [2.24, 2.45) is 5.92 Å². The van der Waals surface area contributed by atoms with E-state index in [1.807, 2.05) is 60.7 Å². The van der Waals surface area contributed by atoms with E-state index in [1.54, 1.807) is 0 Å². The van der Waals surface area contributed by atoms with Crippen LogP contribution < -0.4 is 0 Å². The molecule has 0 radical (unpaired) electrons. The Morgan fingerprint density at radius 1 is 0.955 bits per heavy atom. The predicted octanol–water partition coefficient (Wildman–Crippen LogP) is 3.84. The number of carbonyl (C=O) groups is 2. The van der Waals surface area contributed by atoms with Crippen molar-refractivity contribution >= 4 is 22.8 Å². The zero-order valence-electron chi connectivity index (χ0n) is 11.8.